The van der Waals surface area contributed by atoms with Gasteiger partial charge in [-0.2, -0.15) is 4.37 Å². The molecule has 5 nitrogen and oxygen atoms in total. The summed E-state index contributed by atoms with van der Waals surface area (Å²) in [5.41, 5.74) is 5.52. The highest BCUT2D eigenvalue weighted by atomic mass is 32.1. The van der Waals surface area contributed by atoms with Gasteiger partial charge in [-0.05, 0) is 12.8 Å². The predicted octanol–water partition coefficient (Wildman–Crippen LogP) is 1.64. The average molecular weight is 253 g/mol. The second-order valence-corrected chi connectivity index (χ2v) is 5.54. The SMILES string of the molecule is CCc1nsc(N2CCC(C)(C(=N)N)CC2)n1. The normalized spacial score (nSPS) is 19.3. The highest BCUT2D eigenvalue weighted by Gasteiger charge is 2.33. The van der Waals surface area contributed by atoms with Gasteiger partial charge >= 0.3 is 0 Å². The van der Waals surface area contributed by atoms with E-state index in [-0.39, 0.29) is 5.41 Å². The van der Waals surface area contributed by atoms with Gasteiger partial charge in [-0.25, -0.2) is 4.98 Å². The second-order valence-electron chi connectivity index (χ2n) is 4.81. The summed E-state index contributed by atoms with van der Waals surface area (Å²) in [4.78, 5) is 6.74. The maximum Gasteiger partial charge on any atom is 0.205 e. The van der Waals surface area contributed by atoms with Crippen molar-refractivity contribution in [3.05, 3.63) is 5.82 Å². The Morgan fingerprint density at radius 3 is 2.65 bits per heavy atom. The van der Waals surface area contributed by atoms with Gasteiger partial charge in [0.25, 0.3) is 0 Å². The molecule has 6 heteroatoms. The monoisotopic (exact) mass is 253 g/mol. The molecule has 94 valence electrons. The zero-order chi connectivity index (χ0) is 12.5. The first kappa shape index (κ1) is 12.3. The van der Waals surface area contributed by atoms with Crippen LogP contribution in [0.25, 0.3) is 0 Å². The van der Waals surface area contributed by atoms with Crippen LogP contribution >= 0.6 is 11.5 Å². The first-order valence-corrected chi connectivity index (χ1v) is 6.74. The maximum absolute atomic E-state index is 7.62. The molecule has 0 aromatic carbocycles. The van der Waals surface area contributed by atoms with E-state index in [2.05, 4.69) is 28.1 Å². The van der Waals surface area contributed by atoms with Crippen molar-refractivity contribution in [2.24, 2.45) is 11.1 Å². The molecule has 1 fully saturated rings. The molecule has 0 radical (unpaired) electrons. The fourth-order valence-corrected chi connectivity index (χ4v) is 2.78. The zero-order valence-corrected chi connectivity index (χ0v) is 11.2. The molecule has 0 bridgehead atoms. The molecule has 1 aromatic rings. The van der Waals surface area contributed by atoms with E-state index in [1.807, 2.05) is 0 Å². The lowest BCUT2D eigenvalue weighted by atomic mass is 9.79. The number of rotatable bonds is 3. The first-order valence-electron chi connectivity index (χ1n) is 5.97. The van der Waals surface area contributed by atoms with E-state index in [9.17, 15) is 0 Å². The summed E-state index contributed by atoms with van der Waals surface area (Å²) in [7, 11) is 0. The van der Waals surface area contributed by atoms with E-state index in [4.69, 9.17) is 11.1 Å². The Bertz CT molecular complexity index is 406. The number of aryl methyl sites for hydroxylation is 1. The van der Waals surface area contributed by atoms with E-state index in [1.165, 1.54) is 11.5 Å². The molecule has 1 aliphatic rings. The van der Waals surface area contributed by atoms with E-state index < -0.39 is 0 Å². The topological polar surface area (TPSA) is 78.9 Å². The van der Waals surface area contributed by atoms with Crippen molar-refractivity contribution >= 4 is 22.5 Å². The standard InChI is InChI=1S/C11H19N5S/c1-3-8-14-10(17-15-8)16-6-4-11(2,5-7-16)9(12)13/h3-7H2,1-2H3,(H3,12,13). The smallest absolute Gasteiger partial charge is 0.205 e. The lowest BCUT2D eigenvalue weighted by Crippen LogP contribution is -2.45. The summed E-state index contributed by atoms with van der Waals surface area (Å²) in [5.74, 6) is 1.23. The van der Waals surface area contributed by atoms with Crippen molar-refractivity contribution in [2.45, 2.75) is 33.1 Å². The molecule has 1 saturated heterocycles. The minimum Gasteiger partial charge on any atom is -0.387 e. The van der Waals surface area contributed by atoms with Crippen LogP contribution in [0, 0.1) is 10.8 Å². The van der Waals surface area contributed by atoms with Crippen molar-refractivity contribution in [3.63, 3.8) is 0 Å². The van der Waals surface area contributed by atoms with E-state index in [1.54, 1.807) is 0 Å². The van der Waals surface area contributed by atoms with Crippen molar-refractivity contribution in [2.75, 3.05) is 18.0 Å². The van der Waals surface area contributed by atoms with Gasteiger partial charge in [0, 0.05) is 36.5 Å². The second kappa shape index (κ2) is 4.60. The van der Waals surface area contributed by atoms with Crippen molar-refractivity contribution in [1.29, 1.82) is 5.41 Å². The van der Waals surface area contributed by atoms with Crippen LogP contribution in [0.15, 0.2) is 0 Å². The number of piperidine rings is 1. The Morgan fingerprint density at radius 2 is 2.18 bits per heavy atom. The lowest BCUT2D eigenvalue weighted by molar-refractivity contribution is 0.351. The van der Waals surface area contributed by atoms with Crippen molar-refractivity contribution in [1.82, 2.24) is 9.36 Å². The molecule has 0 aliphatic carbocycles. The molecule has 0 amide bonds. The Labute approximate surface area is 106 Å². The van der Waals surface area contributed by atoms with Crippen molar-refractivity contribution < 1.29 is 0 Å². The van der Waals surface area contributed by atoms with Gasteiger partial charge in [0.15, 0.2) is 0 Å². The molecular weight excluding hydrogens is 234 g/mol. The van der Waals surface area contributed by atoms with Crippen LogP contribution in [0.1, 0.15) is 32.5 Å². The van der Waals surface area contributed by atoms with Gasteiger partial charge in [0.2, 0.25) is 5.13 Å². The summed E-state index contributed by atoms with van der Waals surface area (Å²) < 4.78 is 4.30. The fourth-order valence-electron chi connectivity index (χ4n) is 1.98. The Hall–Kier alpha value is -1.17. The van der Waals surface area contributed by atoms with Crippen LogP contribution in [0.4, 0.5) is 5.13 Å². The minimum atomic E-state index is -0.130. The molecule has 17 heavy (non-hydrogen) atoms. The van der Waals surface area contributed by atoms with E-state index in [0.717, 1.165) is 43.3 Å². The quantitative estimate of drug-likeness (QED) is 0.634. The van der Waals surface area contributed by atoms with Crippen LogP contribution < -0.4 is 10.6 Å². The van der Waals surface area contributed by atoms with Crippen LogP contribution in [0.2, 0.25) is 0 Å². The summed E-state index contributed by atoms with van der Waals surface area (Å²) in [6.07, 6.45) is 2.72. The number of hydrogen-bond acceptors (Lipinski definition) is 5. The Kier molecular flexibility index (Phi) is 3.33. The number of nitrogens with two attached hydrogens (primary N) is 1. The third-order valence-electron chi connectivity index (χ3n) is 3.56. The molecule has 3 N–H and O–H groups in total. The molecule has 1 aromatic heterocycles. The molecule has 2 heterocycles. The number of nitrogens with one attached hydrogen (secondary N) is 1. The fraction of sp³-hybridized carbons (Fsp3) is 0.727. The molecular formula is C11H19N5S. The van der Waals surface area contributed by atoms with Crippen LogP contribution in [-0.4, -0.2) is 28.3 Å². The third kappa shape index (κ3) is 2.41. The largest absolute Gasteiger partial charge is 0.387 e. The minimum absolute atomic E-state index is 0.130. The average Bonchev–Trinajstić information content (AvgIpc) is 2.78. The Balaban J connectivity index is 2.01. The molecule has 1 aliphatic heterocycles. The van der Waals surface area contributed by atoms with E-state index in [0.29, 0.717) is 5.84 Å². The highest BCUT2D eigenvalue weighted by molar-refractivity contribution is 7.09. The highest BCUT2D eigenvalue weighted by Crippen LogP contribution is 2.33. The predicted molar refractivity (Wildman–Crippen MR) is 70.8 cm³/mol. The maximum atomic E-state index is 7.62. The van der Waals surface area contributed by atoms with Gasteiger partial charge in [0.1, 0.15) is 5.82 Å². The Morgan fingerprint density at radius 1 is 1.53 bits per heavy atom. The van der Waals surface area contributed by atoms with Gasteiger partial charge in [0.05, 0.1) is 5.84 Å². The van der Waals surface area contributed by atoms with E-state index >= 15 is 0 Å². The van der Waals surface area contributed by atoms with Gasteiger partial charge in [-0.3, -0.25) is 5.41 Å². The number of anilines is 1. The molecule has 0 spiro atoms. The zero-order valence-electron chi connectivity index (χ0n) is 10.4. The first-order chi connectivity index (χ1) is 8.05. The third-order valence-corrected chi connectivity index (χ3v) is 4.38. The molecule has 0 unspecified atom stereocenters. The van der Waals surface area contributed by atoms with Crippen LogP contribution in [0.3, 0.4) is 0 Å². The molecule has 0 saturated carbocycles. The van der Waals surface area contributed by atoms with Gasteiger partial charge < -0.3 is 10.6 Å². The van der Waals surface area contributed by atoms with Gasteiger partial charge in [-0.15, -0.1) is 0 Å². The molecule has 0 atom stereocenters. The summed E-state index contributed by atoms with van der Waals surface area (Å²) in [5, 5.41) is 8.63. The molecule has 2 rings (SSSR count). The summed E-state index contributed by atoms with van der Waals surface area (Å²) in [6.45, 7) is 5.96. The van der Waals surface area contributed by atoms with Crippen LogP contribution in [0.5, 0.6) is 0 Å². The summed E-state index contributed by atoms with van der Waals surface area (Å²) >= 11 is 1.47. The van der Waals surface area contributed by atoms with Crippen LogP contribution in [-0.2, 0) is 6.42 Å². The van der Waals surface area contributed by atoms with Gasteiger partial charge in [-0.1, -0.05) is 13.8 Å². The number of nitrogens with zero attached hydrogens (tertiary/aromatic N) is 3. The number of hydrogen-bond donors (Lipinski definition) is 2. The number of amidine groups is 1. The summed E-state index contributed by atoms with van der Waals surface area (Å²) in [6, 6.07) is 0. The van der Waals surface area contributed by atoms with Crippen molar-refractivity contribution in [3.8, 4) is 0 Å². The lowest BCUT2D eigenvalue weighted by Gasteiger charge is -2.38. The number of aromatic nitrogens is 2.